The summed E-state index contributed by atoms with van der Waals surface area (Å²) in [6.07, 6.45) is 2.20. The Labute approximate surface area is 122 Å². The Morgan fingerprint density at radius 1 is 1.48 bits per heavy atom. The van der Waals surface area contributed by atoms with Gasteiger partial charge in [0, 0.05) is 24.8 Å². The molecule has 21 heavy (non-hydrogen) atoms. The predicted octanol–water partition coefficient (Wildman–Crippen LogP) is 1.71. The largest absolute Gasteiger partial charge is 0.476 e. The van der Waals surface area contributed by atoms with Crippen LogP contribution in [-0.2, 0) is 4.74 Å². The molecular weight excluding hydrogens is 274 g/mol. The minimum atomic E-state index is -1.19. The highest BCUT2D eigenvalue weighted by Gasteiger charge is 2.49. The molecule has 1 aromatic heterocycles. The highest BCUT2D eigenvalue weighted by atomic mass is 16.5. The number of anilines is 1. The van der Waals surface area contributed by atoms with Crippen LogP contribution in [0.15, 0.2) is 18.3 Å². The van der Waals surface area contributed by atoms with Gasteiger partial charge in [0.15, 0.2) is 5.69 Å². The number of hydrogen-bond acceptors (Lipinski definition) is 4. The average Bonchev–Trinajstić information content (AvgIpc) is 2.43. The summed E-state index contributed by atoms with van der Waals surface area (Å²) in [4.78, 5) is 26.8. The number of nitrogens with zero attached hydrogens (tertiary/aromatic N) is 1. The molecule has 0 saturated heterocycles. The van der Waals surface area contributed by atoms with Crippen molar-refractivity contribution in [1.29, 1.82) is 0 Å². The lowest BCUT2D eigenvalue weighted by atomic mass is 9.64. The molecule has 2 atom stereocenters. The molecule has 0 aromatic carbocycles. The number of aromatic nitrogens is 1. The number of carboxylic acids is 1. The lowest BCUT2D eigenvalue weighted by Crippen LogP contribution is -2.62. The van der Waals surface area contributed by atoms with E-state index in [1.807, 2.05) is 13.8 Å². The monoisotopic (exact) mass is 293 g/mol. The van der Waals surface area contributed by atoms with E-state index >= 15 is 0 Å². The van der Waals surface area contributed by atoms with Crippen LogP contribution in [-0.4, -0.2) is 41.3 Å². The van der Waals surface area contributed by atoms with Crippen LogP contribution in [0.2, 0.25) is 0 Å². The number of methoxy groups -OCH3 is 1. The quantitative estimate of drug-likeness (QED) is 0.784. The maximum Gasteiger partial charge on any atom is 0.356 e. The molecule has 0 radical (unpaired) electrons. The van der Waals surface area contributed by atoms with Crippen LogP contribution in [0, 0.1) is 5.41 Å². The fourth-order valence-electron chi connectivity index (χ4n) is 2.52. The number of pyridine rings is 1. The van der Waals surface area contributed by atoms with Gasteiger partial charge in [-0.3, -0.25) is 0 Å². The van der Waals surface area contributed by atoms with E-state index in [4.69, 9.17) is 9.84 Å². The number of nitrogens with one attached hydrogen (secondary N) is 2. The van der Waals surface area contributed by atoms with Gasteiger partial charge in [-0.25, -0.2) is 14.6 Å². The molecule has 1 heterocycles. The SMILES string of the molecule is COC1CC(NC(=O)Nc2cccnc2C(=O)O)C1(C)C. The normalized spacial score (nSPS) is 23.0. The highest BCUT2D eigenvalue weighted by molar-refractivity contribution is 5.98. The van der Waals surface area contributed by atoms with E-state index in [1.54, 1.807) is 13.2 Å². The second kappa shape index (κ2) is 5.69. The zero-order chi connectivity index (χ0) is 15.6. The number of aromatic carboxylic acids is 1. The van der Waals surface area contributed by atoms with Crippen molar-refractivity contribution < 1.29 is 19.4 Å². The molecule has 1 saturated carbocycles. The number of carboxylic acid groups (broad SMARTS) is 1. The molecule has 1 aromatic rings. The maximum absolute atomic E-state index is 12.0. The summed E-state index contributed by atoms with van der Waals surface area (Å²) in [5.74, 6) is -1.19. The zero-order valence-corrected chi connectivity index (χ0v) is 12.2. The van der Waals surface area contributed by atoms with Crippen LogP contribution >= 0.6 is 0 Å². The van der Waals surface area contributed by atoms with Crippen LogP contribution in [0.1, 0.15) is 30.8 Å². The van der Waals surface area contributed by atoms with E-state index in [9.17, 15) is 9.59 Å². The van der Waals surface area contributed by atoms with Crippen molar-refractivity contribution in [2.45, 2.75) is 32.4 Å². The van der Waals surface area contributed by atoms with Crippen molar-refractivity contribution in [2.75, 3.05) is 12.4 Å². The van der Waals surface area contributed by atoms with Crippen molar-refractivity contribution in [1.82, 2.24) is 10.3 Å². The van der Waals surface area contributed by atoms with Crippen molar-refractivity contribution in [3.05, 3.63) is 24.0 Å². The smallest absolute Gasteiger partial charge is 0.356 e. The number of amides is 2. The summed E-state index contributed by atoms with van der Waals surface area (Å²) in [6.45, 7) is 4.03. The topological polar surface area (TPSA) is 101 Å². The molecule has 7 heteroatoms. The van der Waals surface area contributed by atoms with Crippen molar-refractivity contribution in [2.24, 2.45) is 5.41 Å². The zero-order valence-electron chi connectivity index (χ0n) is 12.2. The summed E-state index contributed by atoms with van der Waals surface area (Å²) < 4.78 is 5.32. The van der Waals surface area contributed by atoms with Crippen LogP contribution in [0.4, 0.5) is 10.5 Å². The van der Waals surface area contributed by atoms with Crippen LogP contribution in [0.3, 0.4) is 0 Å². The van der Waals surface area contributed by atoms with Crippen LogP contribution in [0.5, 0.6) is 0 Å². The van der Waals surface area contributed by atoms with Gasteiger partial charge in [-0.2, -0.15) is 0 Å². The molecule has 1 aliphatic rings. The number of ether oxygens (including phenoxy) is 1. The Bertz CT molecular complexity index is 559. The predicted molar refractivity (Wildman–Crippen MR) is 76.3 cm³/mol. The Kier molecular flexibility index (Phi) is 4.13. The first-order valence-corrected chi connectivity index (χ1v) is 6.65. The molecule has 0 spiro atoms. The summed E-state index contributed by atoms with van der Waals surface area (Å²) >= 11 is 0. The number of carbonyl (C=O) groups is 2. The van der Waals surface area contributed by atoms with Crippen molar-refractivity contribution in [3.8, 4) is 0 Å². The first-order valence-electron chi connectivity index (χ1n) is 6.65. The van der Waals surface area contributed by atoms with E-state index in [-0.39, 0.29) is 28.9 Å². The van der Waals surface area contributed by atoms with Gasteiger partial charge in [0.1, 0.15) is 0 Å². The minimum absolute atomic E-state index is 0.0209. The van der Waals surface area contributed by atoms with Gasteiger partial charge in [0.25, 0.3) is 0 Å². The first kappa shape index (κ1) is 15.2. The second-order valence-corrected chi connectivity index (χ2v) is 5.64. The molecule has 7 nitrogen and oxygen atoms in total. The third kappa shape index (κ3) is 2.97. The van der Waals surface area contributed by atoms with Gasteiger partial charge in [0.2, 0.25) is 0 Å². The third-order valence-corrected chi connectivity index (χ3v) is 4.03. The molecular formula is C14H19N3O4. The van der Waals surface area contributed by atoms with Gasteiger partial charge >= 0.3 is 12.0 Å². The number of hydrogen-bond donors (Lipinski definition) is 3. The fraction of sp³-hybridized carbons (Fsp3) is 0.500. The summed E-state index contributed by atoms with van der Waals surface area (Å²) in [7, 11) is 1.65. The molecule has 1 fully saturated rings. The summed E-state index contributed by atoms with van der Waals surface area (Å²) in [6, 6.07) is 2.60. The van der Waals surface area contributed by atoms with Crippen molar-refractivity contribution >= 4 is 17.7 Å². The highest BCUT2D eigenvalue weighted by Crippen LogP contribution is 2.42. The van der Waals surface area contributed by atoms with Gasteiger partial charge in [0.05, 0.1) is 11.8 Å². The summed E-state index contributed by atoms with van der Waals surface area (Å²) in [5, 5.41) is 14.4. The Hall–Kier alpha value is -2.15. The van der Waals surface area contributed by atoms with E-state index in [0.717, 1.165) is 6.42 Å². The van der Waals surface area contributed by atoms with Crippen LogP contribution < -0.4 is 10.6 Å². The van der Waals surface area contributed by atoms with Gasteiger partial charge in [-0.15, -0.1) is 0 Å². The molecule has 2 amide bonds. The fourth-order valence-corrected chi connectivity index (χ4v) is 2.52. The van der Waals surface area contributed by atoms with Gasteiger partial charge in [-0.1, -0.05) is 13.8 Å². The molecule has 1 aliphatic carbocycles. The average molecular weight is 293 g/mol. The summed E-state index contributed by atoms with van der Waals surface area (Å²) in [5.41, 5.74) is -0.172. The maximum atomic E-state index is 12.0. The number of rotatable bonds is 4. The molecule has 3 N–H and O–H groups in total. The molecule has 114 valence electrons. The first-order chi connectivity index (χ1) is 9.86. The Morgan fingerprint density at radius 3 is 2.76 bits per heavy atom. The molecule has 0 bridgehead atoms. The lowest BCUT2D eigenvalue weighted by Gasteiger charge is -2.51. The number of urea groups is 1. The Morgan fingerprint density at radius 2 is 2.19 bits per heavy atom. The van der Waals surface area contributed by atoms with E-state index in [1.165, 1.54) is 12.3 Å². The van der Waals surface area contributed by atoms with Gasteiger partial charge in [-0.05, 0) is 18.6 Å². The van der Waals surface area contributed by atoms with E-state index in [2.05, 4.69) is 15.6 Å². The van der Waals surface area contributed by atoms with Gasteiger partial charge < -0.3 is 20.5 Å². The lowest BCUT2D eigenvalue weighted by molar-refractivity contribution is -0.0931. The standard InChI is InChI=1S/C14H19N3O4/c1-14(2)9(7-10(14)21-3)17-13(20)16-8-5-4-6-15-11(8)12(18)19/h4-6,9-10H,7H2,1-3H3,(H,18,19)(H2,16,17,20). The molecule has 2 unspecified atom stereocenters. The third-order valence-electron chi connectivity index (χ3n) is 4.03. The molecule has 2 rings (SSSR count). The molecule has 0 aliphatic heterocycles. The number of carbonyl (C=O) groups excluding carboxylic acids is 1. The second-order valence-electron chi connectivity index (χ2n) is 5.64. The van der Waals surface area contributed by atoms with E-state index in [0.29, 0.717) is 0 Å². The minimum Gasteiger partial charge on any atom is -0.476 e. The van der Waals surface area contributed by atoms with Crippen LogP contribution in [0.25, 0.3) is 0 Å². The van der Waals surface area contributed by atoms with Crippen molar-refractivity contribution in [3.63, 3.8) is 0 Å². The van der Waals surface area contributed by atoms with E-state index < -0.39 is 12.0 Å². The Balaban J connectivity index is 1.99.